The zero-order chi connectivity index (χ0) is 8.10. The Kier molecular flexibility index (Phi) is 3.19. The Bertz CT molecular complexity index is 176. The van der Waals surface area contributed by atoms with Crippen LogP contribution >= 0.6 is 0 Å². The zero-order valence-electron chi connectivity index (χ0n) is 6.92. The van der Waals surface area contributed by atoms with Gasteiger partial charge in [-0.2, -0.15) is 0 Å². The van der Waals surface area contributed by atoms with Crippen LogP contribution in [-0.4, -0.2) is 13.2 Å². The van der Waals surface area contributed by atoms with E-state index in [0.717, 1.165) is 11.8 Å². The third-order valence-electron chi connectivity index (χ3n) is 1.95. The largest absolute Gasteiger partial charge is 0.365 e. The maximum Gasteiger partial charge on any atom is 0.107 e. The molecule has 0 saturated heterocycles. The number of ether oxygens (including phenoxy) is 1. The molecule has 2 atom stereocenters. The van der Waals surface area contributed by atoms with Crippen molar-refractivity contribution in [3.63, 3.8) is 0 Å². The second kappa shape index (κ2) is 4.20. The Morgan fingerprint density at radius 3 is 3.00 bits per heavy atom. The van der Waals surface area contributed by atoms with E-state index in [0.29, 0.717) is 13.2 Å². The average Bonchev–Trinajstić information content (AvgIpc) is 2.67. The van der Waals surface area contributed by atoms with Crippen molar-refractivity contribution < 1.29 is 4.74 Å². The van der Waals surface area contributed by atoms with Crippen molar-refractivity contribution in [1.82, 2.24) is 0 Å². The van der Waals surface area contributed by atoms with Crippen molar-refractivity contribution in [3.05, 3.63) is 12.2 Å². The molecule has 1 heteroatoms. The van der Waals surface area contributed by atoms with Crippen LogP contribution in [0.3, 0.4) is 0 Å². The molecule has 1 nitrogen and oxygen atoms in total. The smallest absolute Gasteiger partial charge is 0.107 e. The number of allylic oxidation sites excluding steroid dienone is 1. The predicted octanol–water partition coefficient (Wildman–Crippen LogP) is 1.85. The highest BCUT2D eigenvalue weighted by Gasteiger charge is 2.29. The molecule has 0 unspecified atom stereocenters. The molecule has 0 bridgehead atoms. The van der Waals surface area contributed by atoms with Crippen LogP contribution in [0.4, 0.5) is 0 Å². The molecule has 1 aliphatic carbocycles. The fraction of sp³-hybridized carbons (Fsp3) is 0.600. The molecule has 1 saturated carbocycles. The Balaban J connectivity index is 1.95. The minimum Gasteiger partial charge on any atom is -0.365 e. The maximum absolute atomic E-state index is 5.07. The van der Waals surface area contributed by atoms with Crippen LogP contribution in [0.1, 0.15) is 13.3 Å². The van der Waals surface area contributed by atoms with E-state index in [-0.39, 0.29) is 0 Å². The molecule has 0 aliphatic heterocycles. The van der Waals surface area contributed by atoms with Gasteiger partial charge in [-0.1, -0.05) is 25.0 Å². The number of terminal acetylenes is 1. The highest BCUT2D eigenvalue weighted by Crippen LogP contribution is 2.38. The van der Waals surface area contributed by atoms with Crippen molar-refractivity contribution in [2.45, 2.75) is 13.3 Å². The molecule has 11 heavy (non-hydrogen) atoms. The summed E-state index contributed by atoms with van der Waals surface area (Å²) in [4.78, 5) is 0. The molecule has 0 spiro atoms. The second-order valence-corrected chi connectivity index (χ2v) is 3.02. The summed E-state index contributed by atoms with van der Waals surface area (Å²) in [5, 5.41) is 0. The Labute approximate surface area is 68.4 Å². The van der Waals surface area contributed by atoms with Crippen LogP contribution in [0.25, 0.3) is 0 Å². The molecule has 0 heterocycles. The van der Waals surface area contributed by atoms with Gasteiger partial charge in [0.05, 0.1) is 6.61 Å². The summed E-state index contributed by atoms with van der Waals surface area (Å²) in [7, 11) is 0. The van der Waals surface area contributed by atoms with Crippen LogP contribution in [0, 0.1) is 24.2 Å². The first-order chi connectivity index (χ1) is 5.34. The summed E-state index contributed by atoms with van der Waals surface area (Å²) >= 11 is 0. The first-order valence-corrected chi connectivity index (χ1v) is 4.02. The Hall–Kier alpha value is -0.740. The molecular weight excluding hydrogens is 136 g/mol. The molecule has 1 rings (SSSR count). The molecule has 1 aliphatic rings. The third-order valence-corrected chi connectivity index (χ3v) is 1.95. The van der Waals surface area contributed by atoms with Crippen LogP contribution in [0.15, 0.2) is 12.2 Å². The summed E-state index contributed by atoms with van der Waals surface area (Å²) in [5.74, 6) is 4.12. The van der Waals surface area contributed by atoms with Crippen molar-refractivity contribution in [3.8, 4) is 12.3 Å². The van der Waals surface area contributed by atoms with Gasteiger partial charge in [0.1, 0.15) is 6.61 Å². The molecule has 0 amide bonds. The van der Waals surface area contributed by atoms with Gasteiger partial charge in [0.25, 0.3) is 0 Å². The average molecular weight is 150 g/mol. The van der Waals surface area contributed by atoms with E-state index in [1.165, 1.54) is 6.42 Å². The lowest BCUT2D eigenvalue weighted by Gasteiger charge is -1.91. The lowest BCUT2D eigenvalue weighted by atomic mass is 10.3. The summed E-state index contributed by atoms with van der Waals surface area (Å²) in [6, 6.07) is 0. The highest BCUT2D eigenvalue weighted by molar-refractivity contribution is 5.00. The molecule has 1 fully saturated rings. The number of hydrogen-bond acceptors (Lipinski definition) is 1. The summed E-state index contributed by atoms with van der Waals surface area (Å²) in [5.41, 5.74) is 0. The number of hydrogen-bond donors (Lipinski definition) is 0. The van der Waals surface area contributed by atoms with Crippen LogP contribution in [0.5, 0.6) is 0 Å². The van der Waals surface area contributed by atoms with Gasteiger partial charge in [-0.15, -0.1) is 6.42 Å². The first kappa shape index (κ1) is 8.36. The van der Waals surface area contributed by atoms with Crippen molar-refractivity contribution in [1.29, 1.82) is 0 Å². The van der Waals surface area contributed by atoms with Crippen molar-refractivity contribution in [2.24, 2.45) is 11.8 Å². The van der Waals surface area contributed by atoms with Gasteiger partial charge in [-0.3, -0.25) is 0 Å². The zero-order valence-corrected chi connectivity index (χ0v) is 6.92. The van der Waals surface area contributed by atoms with Gasteiger partial charge in [0, 0.05) is 0 Å². The summed E-state index contributed by atoms with van der Waals surface area (Å²) < 4.78 is 5.07. The standard InChI is InChI=1S/C10H14O/c1-3-6-11-7-4-5-10-8-9(10)2/h1,4-5,9-10H,6-8H2,2H3/b5-4+/t9-,10-/m0/s1. The van der Waals surface area contributed by atoms with Gasteiger partial charge in [-0.05, 0) is 18.3 Å². The van der Waals surface area contributed by atoms with E-state index in [9.17, 15) is 0 Å². The fourth-order valence-electron chi connectivity index (χ4n) is 1.04. The minimum atomic E-state index is 0.421. The maximum atomic E-state index is 5.07. The van der Waals surface area contributed by atoms with E-state index in [1.54, 1.807) is 0 Å². The van der Waals surface area contributed by atoms with E-state index in [1.807, 2.05) is 0 Å². The lowest BCUT2D eigenvalue weighted by Crippen LogP contribution is -1.90. The minimum absolute atomic E-state index is 0.421. The van der Waals surface area contributed by atoms with Crippen LogP contribution < -0.4 is 0 Å². The molecule has 0 radical (unpaired) electrons. The quantitative estimate of drug-likeness (QED) is 0.337. The van der Waals surface area contributed by atoms with Crippen molar-refractivity contribution >= 4 is 0 Å². The summed E-state index contributed by atoms with van der Waals surface area (Å²) in [6.07, 6.45) is 10.6. The fourth-order valence-corrected chi connectivity index (χ4v) is 1.04. The predicted molar refractivity (Wildman–Crippen MR) is 46.1 cm³/mol. The number of rotatable bonds is 4. The molecule has 0 aromatic carbocycles. The van der Waals surface area contributed by atoms with E-state index >= 15 is 0 Å². The molecule has 0 N–H and O–H groups in total. The van der Waals surface area contributed by atoms with Gasteiger partial charge in [-0.25, -0.2) is 0 Å². The second-order valence-electron chi connectivity index (χ2n) is 3.02. The molecule has 60 valence electrons. The van der Waals surface area contributed by atoms with Crippen molar-refractivity contribution in [2.75, 3.05) is 13.2 Å². The molecule has 0 aromatic rings. The Morgan fingerprint density at radius 1 is 1.73 bits per heavy atom. The van der Waals surface area contributed by atoms with Gasteiger partial charge in [0.15, 0.2) is 0 Å². The topological polar surface area (TPSA) is 9.23 Å². The third kappa shape index (κ3) is 3.25. The van der Waals surface area contributed by atoms with Gasteiger partial charge < -0.3 is 4.74 Å². The van der Waals surface area contributed by atoms with Gasteiger partial charge >= 0.3 is 0 Å². The Morgan fingerprint density at radius 2 is 2.45 bits per heavy atom. The summed E-state index contributed by atoms with van der Waals surface area (Å²) in [6.45, 7) is 3.34. The van der Waals surface area contributed by atoms with E-state index in [4.69, 9.17) is 11.2 Å². The van der Waals surface area contributed by atoms with E-state index in [2.05, 4.69) is 25.0 Å². The highest BCUT2D eigenvalue weighted by atomic mass is 16.5. The lowest BCUT2D eigenvalue weighted by molar-refractivity contribution is 0.199. The van der Waals surface area contributed by atoms with Gasteiger partial charge in [0.2, 0.25) is 0 Å². The molecule has 0 aromatic heterocycles. The monoisotopic (exact) mass is 150 g/mol. The van der Waals surface area contributed by atoms with Crippen LogP contribution in [0.2, 0.25) is 0 Å². The van der Waals surface area contributed by atoms with E-state index < -0.39 is 0 Å². The van der Waals surface area contributed by atoms with Crippen LogP contribution in [-0.2, 0) is 4.74 Å². The first-order valence-electron chi connectivity index (χ1n) is 4.02. The normalized spacial score (nSPS) is 28.7. The molecular formula is C10H14O. The SMILES string of the molecule is C#CCOC/C=C/[C@H]1C[C@@H]1C.